The maximum absolute atomic E-state index is 4.38. The highest BCUT2D eigenvalue weighted by atomic mass is 32.1. The number of hydrogen-bond donors (Lipinski definition) is 1. The smallest absolute Gasteiger partial charge is 0.158 e. The molecule has 1 aliphatic carbocycles. The Hall–Kier alpha value is -1.75. The van der Waals surface area contributed by atoms with Crippen molar-refractivity contribution in [3.05, 3.63) is 29.4 Å². The molecule has 2 aromatic heterocycles. The van der Waals surface area contributed by atoms with E-state index in [-0.39, 0.29) is 0 Å². The third-order valence-corrected chi connectivity index (χ3v) is 3.58. The molecule has 2 heterocycles. The third kappa shape index (κ3) is 2.06. The zero-order valence-electron chi connectivity index (χ0n) is 9.47. The molecular formula is C12H12N4S. The number of hydrazone groups is 1. The van der Waals surface area contributed by atoms with Crippen LogP contribution in [0.1, 0.15) is 19.8 Å². The van der Waals surface area contributed by atoms with Crippen LogP contribution in [0.15, 0.2) is 34.5 Å². The van der Waals surface area contributed by atoms with Crippen LogP contribution in [-0.4, -0.2) is 15.7 Å². The molecule has 0 unspecified atom stereocenters. The average Bonchev–Trinajstić information content (AvgIpc) is 2.94. The standard InChI is InChI=1S/C12H12N4S/c1-8-2-3-9(6-8)15-16-11-10-4-5-17-12(10)14-7-13-11/h4-7H,2-3H2,1H3,(H,13,14,16)/b15-9-. The molecule has 0 amide bonds. The number of thiophene rings is 1. The summed E-state index contributed by atoms with van der Waals surface area (Å²) < 4.78 is 0. The monoisotopic (exact) mass is 244 g/mol. The molecule has 4 nitrogen and oxygen atoms in total. The Labute approximate surface area is 103 Å². The predicted octanol–water partition coefficient (Wildman–Crippen LogP) is 3.20. The van der Waals surface area contributed by atoms with Crippen molar-refractivity contribution in [2.75, 3.05) is 5.43 Å². The van der Waals surface area contributed by atoms with Crippen molar-refractivity contribution in [2.45, 2.75) is 19.8 Å². The van der Waals surface area contributed by atoms with E-state index in [9.17, 15) is 0 Å². The number of allylic oxidation sites excluding steroid dienone is 2. The lowest BCUT2D eigenvalue weighted by molar-refractivity contribution is 1.05. The molecule has 0 fully saturated rings. The second-order valence-corrected chi connectivity index (χ2v) is 4.96. The first-order valence-corrected chi connectivity index (χ1v) is 6.39. The quantitative estimate of drug-likeness (QED) is 0.825. The van der Waals surface area contributed by atoms with Gasteiger partial charge in [0.1, 0.15) is 11.2 Å². The number of nitrogens with one attached hydrogen (secondary N) is 1. The van der Waals surface area contributed by atoms with Crippen LogP contribution >= 0.6 is 11.3 Å². The molecule has 17 heavy (non-hydrogen) atoms. The SMILES string of the molecule is CC1=C/C(=N\Nc2ncnc3sccc23)CC1. The van der Waals surface area contributed by atoms with Crippen molar-refractivity contribution in [3.8, 4) is 0 Å². The Balaban J connectivity index is 1.88. The summed E-state index contributed by atoms with van der Waals surface area (Å²) in [7, 11) is 0. The van der Waals surface area contributed by atoms with Crippen LogP contribution in [-0.2, 0) is 0 Å². The van der Waals surface area contributed by atoms with Crippen molar-refractivity contribution in [1.82, 2.24) is 9.97 Å². The van der Waals surface area contributed by atoms with Crippen LogP contribution in [0, 0.1) is 0 Å². The van der Waals surface area contributed by atoms with Gasteiger partial charge in [-0.2, -0.15) is 5.10 Å². The summed E-state index contributed by atoms with van der Waals surface area (Å²) in [5, 5.41) is 7.42. The van der Waals surface area contributed by atoms with E-state index in [2.05, 4.69) is 33.5 Å². The van der Waals surface area contributed by atoms with Gasteiger partial charge in [0.05, 0.1) is 11.1 Å². The molecule has 1 aliphatic rings. The summed E-state index contributed by atoms with van der Waals surface area (Å²) in [4.78, 5) is 9.40. The molecule has 2 aromatic rings. The fourth-order valence-corrected chi connectivity index (χ4v) is 2.58. The van der Waals surface area contributed by atoms with Gasteiger partial charge in [-0.25, -0.2) is 9.97 Å². The van der Waals surface area contributed by atoms with Crippen molar-refractivity contribution in [1.29, 1.82) is 0 Å². The van der Waals surface area contributed by atoms with Gasteiger partial charge in [0.25, 0.3) is 0 Å². The Morgan fingerprint density at radius 1 is 1.35 bits per heavy atom. The topological polar surface area (TPSA) is 50.2 Å². The average molecular weight is 244 g/mol. The van der Waals surface area contributed by atoms with Gasteiger partial charge >= 0.3 is 0 Å². The highest BCUT2D eigenvalue weighted by Crippen LogP contribution is 2.24. The minimum Gasteiger partial charge on any atom is -0.260 e. The Bertz CT molecular complexity index is 612. The van der Waals surface area contributed by atoms with Crippen molar-refractivity contribution in [3.63, 3.8) is 0 Å². The van der Waals surface area contributed by atoms with Gasteiger partial charge in [0.2, 0.25) is 0 Å². The number of nitrogens with zero attached hydrogens (tertiary/aromatic N) is 3. The molecule has 0 spiro atoms. The Kier molecular flexibility index (Phi) is 2.60. The lowest BCUT2D eigenvalue weighted by Gasteiger charge is -2.01. The maximum Gasteiger partial charge on any atom is 0.158 e. The number of rotatable bonds is 2. The molecule has 0 saturated heterocycles. The first kappa shape index (κ1) is 10.4. The number of fused-ring (bicyclic) bond motifs is 1. The summed E-state index contributed by atoms with van der Waals surface area (Å²) in [6.45, 7) is 2.13. The van der Waals surface area contributed by atoms with Crippen LogP contribution in [0.4, 0.5) is 5.82 Å². The lowest BCUT2D eigenvalue weighted by Crippen LogP contribution is -1.98. The lowest BCUT2D eigenvalue weighted by atomic mass is 10.3. The molecule has 3 rings (SSSR count). The van der Waals surface area contributed by atoms with Crippen molar-refractivity contribution >= 4 is 33.1 Å². The maximum atomic E-state index is 4.38. The fourth-order valence-electron chi connectivity index (χ4n) is 1.85. The van der Waals surface area contributed by atoms with E-state index in [4.69, 9.17) is 0 Å². The minimum absolute atomic E-state index is 0.779. The molecule has 0 atom stereocenters. The molecule has 5 heteroatoms. The number of aromatic nitrogens is 2. The predicted molar refractivity (Wildman–Crippen MR) is 71.5 cm³/mol. The summed E-state index contributed by atoms with van der Waals surface area (Å²) in [5.41, 5.74) is 5.51. The van der Waals surface area contributed by atoms with E-state index in [0.29, 0.717) is 0 Å². The highest BCUT2D eigenvalue weighted by molar-refractivity contribution is 7.16. The van der Waals surface area contributed by atoms with Crippen molar-refractivity contribution in [2.24, 2.45) is 5.10 Å². The second-order valence-electron chi connectivity index (χ2n) is 4.07. The first-order chi connectivity index (χ1) is 8.33. The zero-order chi connectivity index (χ0) is 11.7. The van der Waals surface area contributed by atoms with Gasteiger partial charge in [-0.15, -0.1) is 11.3 Å². The van der Waals surface area contributed by atoms with Crippen LogP contribution in [0.2, 0.25) is 0 Å². The van der Waals surface area contributed by atoms with Gasteiger partial charge in [-0.1, -0.05) is 5.57 Å². The molecule has 0 radical (unpaired) electrons. The van der Waals surface area contributed by atoms with Crippen LogP contribution in [0.5, 0.6) is 0 Å². The molecule has 1 N–H and O–H groups in total. The summed E-state index contributed by atoms with van der Waals surface area (Å²) in [5.74, 6) is 0.779. The Morgan fingerprint density at radius 2 is 2.29 bits per heavy atom. The van der Waals surface area contributed by atoms with E-state index in [1.807, 2.05) is 11.4 Å². The van der Waals surface area contributed by atoms with E-state index < -0.39 is 0 Å². The highest BCUT2D eigenvalue weighted by Gasteiger charge is 2.07. The molecular weight excluding hydrogens is 232 g/mol. The third-order valence-electron chi connectivity index (χ3n) is 2.76. The van der Waals surface area contributed by atoms with E-state index >= 15 is 0 Å². The second kappa shape index (κ2) is 4.25. The van der Waals surface area contributed by atoms with Crippen LogP contribution < -0.4 is 5.43 Å². The van der Waals surface area contributed by atoms with E-state index in [1.54, 1.807) is 17.7 Å². The van der Waals surface area contributed by atoms with Gasteiger partial charge < -0.3 is 0 Å². The van der Waals surface area contributed by atoms with Gasteiger partial charge in [0, 0.05) is 0 Å². The van der Waals surface area contributed by atoms with E-state index in [1.165, 1.54) is 5.57 Å². The van der Waals surface area contributed by atoms with Crippen LogP contribution in [0.25, 0.3) is 10.2 Å². The molecule has 86 valence electrons. The minimum atomic E-state index is 0.779. The number of hydrogen-bond acceptors (Lipinski definition) is 5. The van der Waals surface area contributed by atoms with Gasteiger partial charge in [0.15, 0.2) is 5.82 Å². The molecule has 0 saturated carbocycles. The normalized spacial score (nSPS) is 17.7. The molecule has 0 aromatic carbocycles. The molecule has 0 aliphatic heterocycles. The fraction of sp³-hybridized carbons (Fsp3) is 0.250. The van der Waals surface area contributed by atoms with Crippen molar-refractivity contribution < 1.29 is 0 Å². The molecule has 0 bridgehead atoms. The summed E-state index contributed by atoms with van der Waals surface area (Å²) in [6.07, 6.45) is 5.81. The summed E-state index contributed by atoms with van der Waals surface area (Å²) in [6, 6.07) is 2.01. The first-order valence-electron chi connectivity index (χ1n) is 5.51. The zero-order valence-corrected chi connectivity index (χ0v) is 10.3. The largest absolute Gasteiger partial charge is 0.260 e. The van der Waals surface area contributed by atoms with Gasteiger partial charge in [-0.05, 0) is 37.3 Å². The van der Waals surface area contributed by atoms with Gasteiger partial charge in [-0.3, -0.25) is 5.43 Å². The van der Waals surface area contributed by atoms with Crippen LogP contribution in [0.3, 0.4) is 0 Å². The number of anilines is 1. The Morgan fingerprint density at radius 3 is 3.12 bits per heavy atom. The summed E-state index contributed by atoms with van der Waals surface area (Å²) >= 11 is 1.61. The van der Waals surface area contributed by atoms with E-state index in [0.717, 1.165) is 34.6 Å².